The molecule has 0 aliphatic rings. The number of rotatable bonds is 6. The number of benzene rings is 2. The maximum absolute atomic E-state index is 12.2. The van der Waals surface area contributed by atoms with Crippen molar-refractivity contribution in [3.63, 3.8) is 0 Å². The average molecular weight is 341 g/mol. The van der Waals surface area contributed by atoms with Gasteiger partial charge in [-0.3, -0.25) is 14.5 Å². The minimum atomic E-state index is -0.229. The predicted octanol–water partition coefficient (Wildman–Crippen LogP) is 2.52. The number of phenols is 1. The minimum Gasteiger partial charge on any atom is -0.508 e. The summed E-state index contributed by atoms with van der Waals surface area (Å²) in [6, 6.07) is 12.0. The lowest BCUT2D eigenvalue weighted by atomic mass is 10.1. The number of hydrogen-bond acceptors (Lipinski definition) is 4. The van der Waals surface area contributed by atoms with Crippen molar-refractivity contribution in [3.05, 3.63) is 53.6 Å². The van der Waals surface area contributed by atoms with Gasteiger partial charge < -0.3 is 15.7 Å². The van der Waals surface area contributed by atoms with Crippen LogP contribution in [0.3, 0.4) is 0 Å². The Hall–Kier alpha value is -2.86. The van der Waals surface area contributed by atoms with Gasteiger partial charge in [0.25, 0.3) is 0 Å². The van der Waals surface area contributed by atoms with E-state index in [2.05, 4.69) is 10.6 Å². The molecule has 0 fully saturated rings. The molecule has 0 unspecified atom stereocenters. The van der Waals surface area contributed by atoms with Gasteiger partial charge in [0.05, 0.1) is 13.1 Å². The highest BCUT2D eigenvalue weighted by atomic mass is 16.3. The van der Waals surface area contributed by atoms with E-state index in [4.69, 9.17) is 0 Å². The number of aryl methyl sites for hydroxylation is 2. The molecular formula is C19H23N3O3. The third kappa shape index (κ3) is 5.61. The lowest BCUT2D eigenvalue weighted by Crippen LogP contribution is -2.36. The van der Waals surface area contributed by atoms with Gasteiger partial charge in [-0.25, -0.2) is 0 Å². The van der Waals surface area contributed by atoms with E-state index in [9.17, 15) is 14.7 Å². The number of carbonyl (C=O) groups excluding carboxylic acids is 2. The molecule has 0 heterocycles. The minimum absolute atomic E-state index is 0.0844. The third-order valence-corrected chi connectivity index (χ3v) is 3.72. The Labute approximate surface area is 147 Å². The fraction of sp³-hybridized carbons (Fsp3) is 0.263. The molecular weight excluding hydrogens is 318 g/mol. The molecule has 6 heteroatoms. The number of hydrogen-bond donors (Lipinski definition) is 3. The van der Waals surface area contributed by atoms with Gasteiger partial charge in [-0.05, 0) is 56.3 Å². The van der Waals surface area contributed by atoms with Crippen LogP contribution in [0.25, 0.3) is 0 Å². The molecule has 2 amide bonds. The predicted molar refractivity (Wildman–Crippen MR) is 98.8 cm³/mol. The standard InChI is InChI=1S/C19H23N3O3/c1-13-5-4-6-14(2)19(13)21-18(25)12-22(3)11-17(24)20-15-7-9-16(23)10-8-15/h4-10,23H,11-12H2,1-3H3,(H,20,24)(H,21,25). The zero-order valence-electron chi connectivity index (χ0n) is 14.7. The molecule has 3 N–H and O–H groups in total. The summed E-state index contributed by atoms with van der Waals surface area (Å²) >= 11 is 0. The second-order valence-corrected chi connectivity index (χ2v) is 6.08. The lowest BCUT2D eigenvalue weighted by molar-refractivity contribution is -0.119. The van der Waals surface area contributed by atoms with Crippen molar-refractivity contribution in [2.75, 3.05) is 30.8 Å². The smallest absolute Gasteiger partial charge is 0.238 e. The van der Waals surface area contributed by atoms with E-state index in [1.54, 1.807) is 24.1 Å². The molecule has 0 aromatic heterocycles. The number of anilines is 2. The Morgan fingerprint density at radius 2 is 1.44 bits per heavy atom. The molecule has 0 saturated heterocycles. The molecule has 0 bridgehead atoms. The largest absolute Gasteiger partial charge is 0.508 e. The van der Waals surface area contributed by atoms with E-state index in [0.29, 0.717) is 5.69 Å². The molecule has 25 heavy (non-hydrogen) atoms. The molecule has 0 saturated carbocycles. The Balaban J connectivity index is 1.84. The molecule has 2 aromatic carbocycles. The van der Waals surface area contributed by atoms with E-state index in [0.717, 1.165) is 16.8 Å². The highest BCUT2D eigenvalue weighted by Gasteiger charge is 2.13. The zero-order valence-corrected chi connectivity index (χ0v) is 14.7. The Bertz CT molecular complexity index is 737. The SMILES string of the molecule is Cc1cccc(C)c1NC(=O)CN(C)CC(=O)Nc1ccc(O)cc1. The number of para-hydroxylation sites is 1. The third-order valence-electron chi connectivity index (χ3n) is 3.72. The van der Waals surface area contributed by atoms with Crippen LogP contribution in [0.15, 0.2) is 42.5 Å². The monoisotopic (exact) mass is 341 g/mol. The molecule has 2 aromatic rings. The summed E-state index contributed by atoms with van der Waals surface area (Å²) in [4.78, 5) is 25.8. The van der Waals surface area contributed by atoms with Crippen LogP contribution in [-0.4, -0.2) is 42.0 Å². The average Bonchev–Trinajstić information content (AvgIpc) is 2.53. The summed E-state index contributed by atoms with van der Waals surface area (Å²) in [5.41, 5.74) is 3.41. The van der Waals surface area contributed by atoms with Crippen LogP contribution >= 0.6 is 0 Å². The number of likely N-dealkylation sites (N-methyl/N-ethyl adjacent to an activating group) is 1. The maximum Gasteiger partial charge on any atom is 0.238 e. The van der Waals surface area contributed by atoms with Crippen LogP contribution in [0.5, 0.6) is 5.75 Å². The van der Waals surface area contributed by atoms with Crippen LogP contribution in [0.1, 0.15) is 11.1 Å². The van der Waals surface area contributed by atoms with Crippen molar-refractivity contribution in [2.24, 2.45) is 0 Å². The van der Waals surface area contributed by atoms with Crippen molar-refractivity contribution in [2.45, 2.75) is 13.8 Å². The Morgan fingerprint density at radius 1 is 0.920 bits per heavy atom. The van der Waals surface area contributed by atoms with E-state index in [-0.39, 0.29) is 30.7 Å². The summed E-state index contributed by atoms with van der Waals surface area (Å²) in [6.45, 7) is 4.08. The van der Waals surface area contributed by atoms with Gasteiger partial charge in [0.15, 0.2) is 0 Å². The number of nitrogens with one attached hydrogen (secondary N) is 2. The lowest BCUT2D eigenvalue weighted by Gasteiger charge is -2.17. The van der Waals surface area contributed by atoms with Crippen molar-refractivity contribution < 1.29 is 14.7 Å². The van der Waals surface area contributed by atoms with E-state index in [1.165, 1.54) is 12.1 Å². The van der Waals surface area contributed by atoms with Crippen molar-refractivity contribution in [1.82, 2.24) is 4.90 Å². The van der Waals surface area contributed by atoms with Crippen LogP contribution < -0.4 is 10.6 Å². The topological polar surface area (TPSA) is 81.7 Å². The van der Waals surface area contributed by atoms with Gasteiger partial charge in [0, 0.05) is 11.4 Å². The summed E-state index contributed by atoms with van der Waals surface area (Å²) < 4.78 is 0. The number of carbonyl (C=O) groups is 2. The molecule has 0 radical (unpaired) electrons. The first-order chi connectivity index (χ1) is 11.8. The first-order valence-corrected chi connectivity index (χ1v) is 7.98. The molecule has 6 nitrogen and oxygen atoms in total. The number of aromatic hydroxyl groups is 1. The van der Waals surface area contributed by atoms with Gasteiger partial charge >= 0.3 is 0 Å². The van der Waals surface area contributed by atoms with Crippen LogP contribution in [0.2, 0.25) is 0 Å². The second kappa shape index (κ2) is 8.30. The van der Waals surface area contributed by atoms with Crippen molar-refractivity contribution in [1.29, 1.82) is 0 Å². The van der Waals surface area contributed by atoms with Gasteiger partial charge in [-0.2, -0.15) is 0 Å². The number of amides is 2. The van der Waals surface area contributed by atoms with Crippen molar-refractivity contribution >= 4 is 23.2 Å². The van der Waals surface area contributed by atoms with Crippen molar-refractivity contribution in [3.8, 4) is 5.75 Å². The van der Waals surface area contributed by atoms with Gasteiger partial charge in [-0.15, -0.1) is 0 Å². The van der Waals surface area contributed by atoms with Crippen LogP contribution in [-0.2, 0) is 9.59 Å². The fourth-order valence-electron chi connectivity index (χ4n) is 2.48. The summed E-state index contributed by atoms with van der Waals surface area (Å²) in [5.74, 6) is -0.260. The zero-order chi connectivity index (χ0) is 18.4. The van der Waals surface area contributed by atoms with E-state index in [1.807, 2.05) is 32.0 Å². The highest BCUT2D eigenvalue weighted by Crippen LogP contribution is 2.19. The first kappa shape index (κ1) is 18.5. The molecule has 0 aliphatic carbocycles. The quantitative estimate of drug-likeness (QED) is 0.705. The molecule has 0 aliphatic heterocycles. The van der Waals surface area contributed by atoms with Gasteiger partial charge in [-0.1, -0.05) is 18.2 Å². The van der Waals surface area contributed by atoms with Gasteiger partial charge in [0.1, 0.15) is 5.75 Å². The Morgan fingerprint density at radius 3 is 2.00 bits per heavy atom. The molecule has 2 rings (SSSR count). The number of nitrogens with zero attached hydrogens (tertiary/aromatic N) is 1. The normalized spacial score (nSPS) is 10.6. The number of phenolic OH excluding ortho intramolecular Hbond substituents is 1. The molecule has 0 spiro atoms. The van der Waals surface area contributed by atoms with E-state index >= 15 is 0 Å². The fourth-order valence-corrected chi connectivity index (χ4v) is 2.48. The first-order valence-electron chi connectivity index (χ1n) is 7.98. The summed E-state index contributed by atoms with van der Waals surface area (Å²) in [5, 5.41) is 14.8. The summed E-state index contributed by atoms with van der Waals surface area (Å²) in [7, 11) is 1.71. The maximum atomic E-state index is 12.2. The van der Waals surface area contributed by atoms with Crippen LogP contribution in [0.4, 0.5) is 11.4 Å². The molecule has 0 atom stereocenters. The molecule has 132 valence electrons. The van der Waals surface area contributed by atoms with Gasteiger partial charge in [0.2, 0.25) is 11.8 Å². The summed E-state index contributed by atoms with van der Waals surface area (Å²) in [6.07, 6.45) is 0. The highest BCUT2D eigenvalue weighted by molar-refractivity contribution is 5.95. The van der Waals surface area contributed by atoms with Crippen LogP contribution in [0, 0.1) is 13.8 Å². The Kier molecular flexibility index (Phi) is 6.14. The second-order valence-electron chi connectivity index (χ2n) is 6.08. The van der Waals surface area contributed by atoms with E-state index < -0.39 is 0 Å².